The van der Waals surface area contributed by atoms with E-state index in [9.17, 15) is 4.39 Å². The lowest BCUT2D eigenvalue weighted by atomic mass is 10.2. The first kappa shape index (κ1) is 14.0. The Balaban J connectivity index is 3.13. The van der Waals surface area contributed by atoms with Crippen molar-refractivity contribution in [3.8, 4) is 18.2 Å². The first-order chi connectivity index (χ1) is 9.03. The molecule has 0 saturated heterocycles. The van der Waals surface area contributed by atoms with Gasteiger partial charge in [-0.2, -0.15) is 15.8 Å². The Bertz CT molecular complexity index is 624. The fourth-order valence-electron chi connectivity index (χ4n) is 1.37. The van der Waals surface area contributed by atoms with E-state index in [2.05, 4.69) is 5.32 Å². The lowest BCUT2D eigenvalue weighted by molar-refractivity contribution is 0.627. The Morgan fingerprint density at radius 1 is 1.16 bits per heavy atom. The SMILES string of the molecule is CN(C)c1ccc(NC(C#N)=C(C#N)C#N)cc1F. The van der Waals surface area contributed by atoms with Crippen LogP contribution in [0.3, 0.4) is 0 Å². The largest absolute Gasteiger partial charge is 0.375 e. The molecule has 1 aromatic rings. The van der Waals surface area contributed by atoms with Crippen LogP contribution in [-0.4, -0.2) is 14.1 Å². The maximum atomic E-state index is 13.7. The number of allylic oxidation sites excluding steroid dienone is 2. The second-order valence-corrected chi connectivity index (χ2v) is 3.77. The van der Waals surface area contributed by atoms with E-state index >= 15 is 0 Å². The summed E-state index contributed by atoms with van der Waals surface area (Å²) < 4.78 is 13.7. The van der Waals surface area contributed by atoms with E-state index in [1.807, 2.05) is 0 Å². The van der Waals surface area contributed by atoms with Gasteiger partial charge in [-0.05, 0) is 18.2 Å². The number of nitriles is 3. The highest BCUT2D eigenvalue weighted by molar-refractivity contribution is 5.61. The van der Waals surface area contributed by atoms with Gasteiger partial charge in [0.1, 0.15) is 29.7 Å². The van der Waals surface area contributed by atoms with Gasteiger partial charge in [0, 0.05) is 19.8 Å². The van der Waals surface area contributed by atoms with Crippen molar-refractivity contribution >= 4 is 11.4 Å². The van der Waals surface area contributed by atoms with Gasteiger partial charge >= 0.3 is 0 Å². The van der Waals surface area contributed by atoms with Crippen molar-refractivity contribution < 1.29 is 4.39 Å². The van der Waals surface area contributed by atoms with Crippen molar-refractivity contribution in [2.75, 3.05) is 24.3 Å². The number of anilines is 2. The Labute approximate surface area is 110 Å². The molecule has 1 aromatic carbocycles. The van der Waals surface area contributed by atoms with Gasteiger partial charge in [0.2, 0.25) is 0 Å². The molecule has 94 valence electrons. The Morgan fingerprint density at radius 2 is 1.79 bits per heavy atom. The van der Waals surface area contributed by atoms with Crippen molar-refractivity contribution in [3.63, 3.8) is 0 Å². The zero-order valence-electron chi connectivity index (χ0n) is 10.4. The van der Waals surface area contributed by atoms with Crippen LogP contribution in [0.1, 0.15) is 0 Å². The first-order valence-corrected chi connectivity index (χ1v) is 5.22. The Kier molecular flexibility index (Phi) is 4.46. The molecule has 0 heterocycles. The monoisotopic (exact) mass is 255 g/mol. The van der Waals surface area contributed by atoms with Crippen LogP contribution in [0.5, 0.6) is 0 Å². The third-order valence-electron chi connectivity index (χ3n) is 2.28. The van der Waals surface area contributed by atoms with E-state index in [0.29, 0.717) is 11.4 Å². The molecule has 0 fully saturated rings. The summed E-state index contributed by atoms with van der Waals surface area (Å²) in [5, 5.41) is 28.8. The van der Waals surface area contributed by atoms with Crippen LogP contribution in [0.2, 0.25) is 0 Å². The van der Waals surface area contributed by atoms with Crippen LogP contribution in [0, 0.1) is 39.8 Å². The predicted molar refractivity (Wildman–Crippen MR) is 68.2 cm³/mol. The summed E-state index contributed by atoms with van der Waals surface area (Å²) in [7, 11) is 3.41. The fraction of sp³-hybridized carbons (Fsp3) is 0.154. The minimum atomic E-state index is -0.470. The smallest absolute Gasteiger partial charge is 0.163 e. The summed E-state index contributed by atoms with van der Waals surface area (Å²) in [5.41, 5.74) is 0.137. The average Bonchev–Trinajstić information content (AvgIpc) is 2.38. The number of rotatable bonds is 3. The standard InChI is InChI=1S/C13H10FN5/c1-19(2)13-4-3-10(5-11(13)14)18-12(8-17)9(6-15)7-16/h3-5,18H,1-2H3. The zero-order valence-corrected chi connectivity index (χ0v) is 10.4. The number of nitrogens with one attached hydrogen (secondary N) is 1. The molecule has 0 radical (unpaired) electrons. The zero-order chi connectivity index (χ0) is 14.4. The molecule has 0 amide bonds. The van der Waals surface area contributed by atoms with Crippen LogP contribution < -0.4 is 10.2 Å². The molecular formula is C13H10FN5. The number of hydrogen-bond acceptors (Lipinski definition) is 5. The van der Waals surface area contributed by atoms with Crippen molar-refractivity contribution in [1.82, 2.24) is 0 Å². The molecule has 0 saturated carbocycles. The minimum absolute atomic E-state index is 0.206. The quantitative estimate of drug-likeness (QED) is 0.836. The first-order valence-electron chi connectivity index (χ1n) is 5.22. The second kappa shape index (κ2) is 6.05. The number of benzene rings is 1. The van der Waals surface area contributed by atoms with Gasteiger partial charge in [-0.1, -0.05) is 0 Å². The van der Waals surface area contributed by atoms with Crippen molar-refractivity contribution in [2.45, 2.75) is 0 Å². The molecule has 0 aromatic heterocycles. The Hall–Kier alpha value is -3.04. The third-order valence-corrected chi connectivity index (χ3v) is 2.28. The van der Waals surface area contributed by atoms with Crippen LogP contribution >= 0.6 is 0 Å². The maximum Gasteiger partial charge on any atom is 0.163 e. The van der Waals surface area contributed by atoms with E-state index in [0.717, 1.165) is 0 Å². The Morgan fingerprint density at radius 3 is 2.21 bits per heavy atom. The lowest BCUT2D eigenvalue weighted by Crippen LogP contribution is -2.11. The summed E-state index contributed by atoms with van der Waals surface area (Å²) >= 11 is 0. The molecule has 1 rings (SSSR count). The van der Waals surface area contributed by atoms with Gasteiger partial charge in [-0.3, -0.25) is 0 Å². The van der Waals surface area contributed by atoms with Crippen LogP contribution in [0.15, 0.2) is 29.5 Å². The molecule has 19 heavy (non-hydrogen) atoms. The second-order valence-electron chi connectivity index (χ2n) is 3.77. The average molecular weight is 255 g/mol. The molecule has 0 aliphatic heterocycles. The van der Waals surface area contributed by atoms with Crippen LogP contribution in [0.4, 0.5) is 15.8 Å². The van der Waals surface area contributed by atoms with Crippen molar-refractivity contribution in [3.05, 3.63) is 35.3 Å². The molecule has 0 spiro atoms. The summed E-state index contributed by atoms with van der Waals surface area (Å²) in [6, 6.07) is 9.18. The molecule has 0 atom stereocenters. The van der Waals surface area contributed by atoms with Gasteiger partial charge < -0.3 is 10.2 Å². The van der Waals surface area contributed by atoms with Crippen molar-refractivity contribution in [1.29, 1.82) is 15.8 Å². The molecule has 5 nitrogen and oxygen atoms in total. The minimum Gasteiger partial charge on any atom is -0.375 e. The summed E-state index contributed by atoms with van der Waals surface area (Å²) in [4.78, 5) is 1.61. The predicted octanol–water partition coefficient (Wildman–Crippen LogP) is 2.13. The van der Waals surface area contributed by atoms with Gasteiger partial charge in [-0.25, -0.2) is 4.39 Å². The molecule has 6 heteroatoms. The van der Waals surface area contributed by atoms with E-state index < -0.39 is 5.82 Å². The molecule has 0 unspecified atom stereocenters. The summed E-state index contributed by atoms with van der Waals surface area (Å²) in [5.74, 6) is -0.470. The highest BCUT2D eigenvalue weighted by atomic mass is 19.1. The van der Waals surface area contributed by atoms with E-state index in [1.54, 1.807) is 43.3 Å². The molecule has 0 aliphatic rings. The third kappa shape index (κ3) is 3.21. The van der Waals surface area contributed by atoms with E-state index in [-0.39, 0.29) is 11.3 Å². The summed E-state index contributed by atoms with van der Waals surface area (Å²) in [6.45, 7) is 0. The van der Waals surface area contributed by atoms with Crippen LogP contribution in [0.25, 0.3) is 0 Å². The number of nitrogens with zero attached hydrogens (tertiary/aromatic N) is 4. The lowest BCUT2D eigenvalue weighted by Gasteiger charge is -2.14. The normalized spacial score (nSPS) is 8.63. The van der Waals surface area contributed by atoms with Gasteiger partial charge in [0.15, 0.2) is 5.57 Å². The van der Waals surface area contributed by atoms with E-state index in [1.165, 1.54) is 12.1 Å². The van der Waals surface area contributed by atoms with Gasteiger partial charge in [-0.15, -0.1) is 0 Å². The molecule has 0 bridgehead atoms. The number of hydrogen-bond donors (Lipinski definition) is 1. The van der Waals surface area contributed by atoms with Crippen molar-refractivity contribution in [2.24, 2.45) is 0 Å². The molecule has 0 aliphatic carbocycles. The van der Waals surface area contributed by atoms with E-state index in [4.69, 9.17) is 15.8 Å². The van der Waals surface area contributed by atoms with Gasteiger partial charge in [0.25, 0.3) is 0 Å². The molecule has 1 N–H and O–H groups in total. The maximum absolute atomic E-state index is 13.7. The fourth-order valence-corrected chi connectivity index (χ4v) is 1.37. The number of halogens is 1. The topological polar surface area (TPSA) is 86.6 Å². The van der Waals surface area contributed by atoms with Gasteiger partial charge in [0.05, 0.1) is 5.69 Å². The highest BCUT2D eigenvalue weighted by Gasteiger charge is 2.09. The molecular weight excluding hydrogens is 245 g/mol. The summed E-state index contributed by atoms with van der Waals surface area (Å²) in [6.07, 6.45) is 0. The van der Waals surface area contributed by atoms with Crippen LogP contribution in [-0.2, 0) is 0 Å². The highest BCUT2D eigenvalue weighted by Crippen LogP contribution is 2.22.